The monoisotopic (exact) mass is 202 g/mol. The van der Waals surface area contributed by atoms with Crippen molar-refractivity contribution in [1.29, 1.82) is 0 Å². The SMILES string of the molecule is FC1CNCCC1NC1CCOCC1. The highest BCUT2D eigenvalue weighted by Crippen LogP contribution is 2.13. The quantitative estimate of drug-likeness (QED) is 0.682. The van der Waals surface area contributed by atoms with Crippen molar-refractivity contribution >= 4 is 0 Å². The van der Waals surface area contributed by atoms with Crippen LogP contribution in [0.25, 0.3) is 0 Å². The largest absolute Gasteiger partial charge is 0.381 e. The van der Waals surface area contributed by atoms with Gasteiger partial charge in [-0.15, -0.1) is 0 Å². The van der Waals surface area contributed by atoms with Crippen LogP contribution in [0.4, 0.5) is 4.39 Å². The number of piperidine rings is 1. The topological polar surface area (TPSA) is 33.3 Å². The van der Waals surface area contributed by atoms with E-state index in [-0.39, 0.29) is 6.04 Å². The molecular weight excluding hydrogens is 183 g/mol. The Morgan fingerprint density at radius 2 is 2.00 bits per heavy atom. The van der Waals surface area contributed by atoms with E-state index in [2.05, 4.69) is 10.6 Å². The third-order valence-corrected chi connectivity index (χ3v) is 3.08. The van der Waals surface area contributed by atoms with E-state index in [9.17, 15) is 4.39 Å². The van der Waals surface area contributed by atoms with Crippen LogP contribution in [0.15, 0.2) is 0 Å². The predicted octanol–water partition coefficient (Wildman–Crippen LogP) is 0.455. The summed E-state index contributed by atoms with van der Waals surface area (Å²) < 4.78 is 18.7. The number of nitrogens with one attached hydrogen (secondary N) is 2. The summed E-state index contributed by atoms with van der Waals surface area (Å²) in [5.41, 5.74) is 0. The van der Waals surface area contributed by atoms with Gasteiger partial charge in [0.2, 0.25) is 0 Å². The third kappa shape index (κ3) is 2.65. The first kappa shape index (κ1) is 10.3. The van der Waals surface area contributed by atoms with Gasteiger partial charge in [0.05, 0.1) is 0 Å². The summed E-state index contributed by atoms with van der Waals surface area (Å²) in [7, 11) is 0. The molecule has 2 aliphatic rings. The molecule has 82 valence electrons. The lowest BCUT2D eigenvalue weighted by Crippen LogP contribution is -2.53. The highest BCUT2D eigenvalue weighted by Gasteiger charge is 2.27. The second-order valence-electron chi connectivity index (χ2n) is 4.17. The Labute approximate surface area is 84.4 Å². The van der Waals surface area contributed by atoms with Crippen molar-refractivity contribution in [3.05, 3.63) is 0 Å². The fourth-order valence-corrected chi connectivity index (χ4v) is 2.18. The lowest BCUT2D eigenvalue weighted by atomic mass is 10.0. The van der Waals surface area contributed by atoms with Gasteiger partial charge < -0.3 is 15.4 Å². The molecule has 0 aromatic rings. The van der Waals surface area contributed by atoms with E-state index in [0.717, 1.165) is 39.0 Å². The number of hydrogen-bond donors (Lipinski definition) is 2. The van der Waals surface area contributed by atoms with Gasteiger partial charge in [0.15, 0.2) is 0 Å². The maximum absolute atomic E-state index is 13.4. The van der Waals surface area contributed by atoms with Gasteiger partial charge in [-0.05, 0) is 25.8 Å². The fraction of sp³-hybridized carbons (Fsp3) is 1.00. The number of hydrogen-bond acceptors (Lipinski definition) is 3. The van der Waals surface area contributed by atoms with Gasteiger partial charge in [-0.1, -0.05) is 0 Å². The molecule has 14 heavy (non-hydrogen) atoms. The number of halogens is 1. The standard InChI is InChI=1S/C10H19FN2O/c11-9-7-12-4-1-10(9)13-8-2-5-14-6-3-8/h8-10,12-13H,1-7H2. The van der Waals surface area contributed by atoms with Crippen LogP contribution in [0.3, 0.4) is 0 Å². The average Bonchev–Trinajstić information content (AvgIpc) is 2.23. The summed E-state index contributed by atoms with van der Waals surface area (Å²) in [6, 6.07) is 0.518. The predicted molar refractivity (Wildman–Crippen MR) is 53.1 cm³/mol. The second-order valence-corrected chi connectivity index (χ2v) is 4.17. The summed E-state index contributed by atoms with van der Waals surface area (Å²) in [4.78, 5) is 0. The Morgan fingerprint density at radius 1 is 1.21 bits per heavy atom. The van der Waals surface area contributed by atoms with E-state index in [4.69, 9.17) is 4.74 Å². The molecule has 2 atom stereocenters. The zero-order valence-electron chi connectivity index (χ0n) is 8.47. The van der Waals surface area contributed by atoms with Crippen molar-refractivity contribution in [1.82, 2.24) is 10.6 Å². The molecule has 2 N–H and O–H groups in total. The van der Waals surface area contributed by atoms with Gasteiger partial charge >= 0.3 is 0 Å². The number of rotatable bonds is 2. The zero-order valence-corrected chi connectivity index (χ0v) is 8.47. The molecule has 0 bridgehead atoms. The van der Waals surface area contributed by atoms with Crippen LogP contribution in [0.2, 0.25) is 0 Å². The molecule has 2 saturated heterocycles. The van der Waals surface area contributed by atoms with Crippen molar-refractivity contribution in [2.24, 2.45) is 0 Å². The Kier molecular flexibility index (Phi) is 3.73. The smallest absolute Gasteiger partial charge is 0.128 e. The summed E-state index contributed by atoms with van der Waals surface area (Å²) in [6.45, 7) is 3.07. The first-order chi connectivity index (χ1) is 6.86. The molecule has 0 amide bonds. The highest BCUT2D eigenvalue weighted by molar-refractivity contribution is 4.86. The van der Waals surface area contributed by atoms with Gasteiger partial charge in [-0.2, -0.15) is 0 Å². The fourth-order valence-electron chi connectivity index (χ4n) is 2.18. The molecular formula is C10H19FN2O. The summed E-state index contributed by atoms with van der Waals surface area (Å²) >= 11 is 0. The van der Waals surface area contributed by atoms with Crippen LogP contribution >= 0.6 is 0 Å². The lowest BCUT2D eigenvalue weighted by molar-refractivity contribution is 0.0675. The molecule has 2 fully saturated rings. The molecule has 0 aromatic carbocycles. The maximum atomic E-state index is 13.4. The van der Waals surface area contributed by atoms with Crippen molar-refractivity contribution < 1.29 is 9.13 Å². The van der Waals surface area contributed by atoms with Crippen molar-refractivity contribution in [2.45, 2.75) is 37.5 Å². The van der Waals surface area contributed by atoms with E-state index >= 15 is 0 Å². The van der Waals surface area contributed by atoms with Crippen molar-refractivity contribution in [2.75, 3.05) is 26.3 Å². The molecule has 2 unspecified atom stereocenters. The molecule has 0 saturated carbocycles. The van der Waals surface area contributed by atoms with Crippen molar-refractivity contribution in [3.63, 3.8) is 0 Å². The van der Waals surface area contributed by atoms with Gasteiger partial charge in [0.1, 0.15) is 6.17 Å². The van der Waals surface area contributed by atoms with E-state index in [0.29, 0.717) is 12.6 Å². The molecule has 3 nitrogen and oxygen atoms in total. The Balaban J connectivity index is 1.76. The zero-order chi connectivity index (χ0) is 9.80. The number of ether oxygens (including phenoxy) is 1. The first-order valence-electron chi connectivity index (χ1n) is 5.55. The normalized spacial score (nSPS) is 35.8. The van der Waals surface area contributed by atoms with Crippen LogP contribution in [0.5, 0.6) is 0 Å². The van der Waals surface area contributed by atoms with Crippen LogP contribution in [-0.4, -0.2) is 44.6 Å². The van der Waals surface area contributed by atoms with Gasteiger partial charge in [0, 0.05) is 31.8 Å². The molecule has 0 spiro atoms. The minimum absolute atomic E-state index is 0.0550. The van der Waals surface area contributed by atoms with E-state index in [1.165, 1.54) is 0 Å². The van der Waals surface area contributed by atoms with E-state index in [1.54, 1.807) is 0 Å². The van der Waals surface area contributed by atoms with Crippen LogP contribution in [-0.2, 0) is 4.74 Å². The highest BCUT2D eigenvalue weighted by atomic mass is 19.1. The van der Waals surface area contributed by atoms with Gasteiger partial charge in [-0.3, -0.25) is 0 Å². The average molecular weight is 202 g/mol. The molecule has 2 rings (SSSR count). The molecule has 0 aliphatic carbocycles. The first-order valence-corrected chi connectivity index (χ1v) is 5.55. The molecule has 2 heterocycles. The Bertz CT molecular complexity index is 174. The van der Waals surface area contributed by atoms with E-state index in [1.807, 2.05) is 0 Å². The van der Waals surface area contributed by atoms with E-state index < -0.39 is 6.17 Å². The van der Waals surface area contributed by atoms with Crippen LogP contribution in [0.1, 0.15) is 19.3 Å². The molecule has 2 aliphatic heterocycles. The number of alkyl halides is 1. The second kappa shape index (κ2) is 5.05. The van der Waals surface area contributed by atoms with Gasteiger partial charge in [0.25, 0.3) is 0 Å². The lowest BCUT2D eigenvalue weighted by Gasteiger charge is -2.33. The minimum Gasteiger partial charge on any atom is -0.381 e. The Hall–Kier alpha value is -0.190. The molecule has 0 aromatic heterocycles. The van der Waals surface area contributed by atoms with Crippen LogP contribution < -0.4 is 10.6 Å². The van der Waals surface area contributed by atoms with Crippen LogP contribution in [0, 0.1) is 0 Å². The summed E-state index contributed by atoms with van der Waals surface area (Å²) in [5.74, 6) is 0. The maximum Gasteiger partial charge on any atom is 0.128 e. The van der Waals surface area contributed by atoms with Gasteiger partial charge in [-0.25, -0.2) is 4.39 Å². The molecule has 4 heteroatoms. The summed E-state index contributed by atoms with van der Waals surface area (Å²) in [6.07, 6.45) is 2.22. The van der Waals surface area contributed by atoms with Crippen molar-refractivity contribution in [3.8, 4) is 0 Å². The summed E-state index contributed by atoms with van der Waals surface area (Å²) in [5, 5.41) is 6.47. The Morgan fingerprint density at radius 3 is 2.71 bits per heavy atom. The molecule has 0 radical (unpaired) electrons. The third-order valence-electron chi connectivity index (χ3n) is 3.08. The minimum atomic E-state index is -0.730.